The summed E-state index contributed by atoms with van der Waals surface area (Å²) >= 11 is 5.83. The van der Waals surface area contributed by atoms with Crippen LogP contribution in [0, 0.1) is 11.3 Å². The smallest absolute Gasteiger partial charge is 0.262 e. The van der Waals surface area contributed by atoms with E-state index in [1.54, 1.807) is 74.9 Å². The summed E-state index contributed by atoms with van der Waals surface area (Å²) in [5, 5.41) is 12.9. The molecule has 0 radical (unpaired) electrons. The summed E-state index contributed by atoms with van der Waals surface area (Å²) in [5.74, 6) is 1.40. The number of hydrogen-bond donors (Lipinski definition) is 1. The van der Waals surface area contributed by atoms with E-state index < -0.39 is 0 Å². The summed E-state index contributed by atoms with van der Waals surface area (Å²) < 4.78 is 16.1. The van der Waals surface area contributed by atoms with Gasteiger partial charge in [-0.3, -0.25) is 4.79 Å². The van der Waals surface area contributed by atoms with E-state index in [2.05, 4.69) is 11.4 Å². The number of benzene rings is 3. The summed E-state index contributed by atoms with van der Waals surface area (Å²) in [6, 6.07) is 21.4. The quantitative estimate of drug-likeness (QED) is 0.366. The lowest BCUT2D eigenvalue weighted by Gasteiger charge is -2.09. The highest BCUT2D eigenvalue weighted by atomic mass is 35.5. The first-order valence-corrected chi connectivity index (χ1v) is 10.0. The van der Waals surface area contributed by atoms with Gasteiger partial charge < -0.3 is 19.5 Å². The summed E-state index contributed by atoms with van der Waals surface area (Å²) in [4.78, 5) is 12.0. The second-order valence-corrected chi connectivity index (χ2v) is 7.09. The molecule has 0 saturated heterocycles. The zero-order chi connectivity index (χ0) is 22.9. The van der Waals surface area contributed by atoms with E-state index in [1.807, 2.05) is 12.1 Å². The Kier molecular flexibility index (Phi) is 7.74. The molecule has 0 unspecified atom stereocenters. The third-order valence-corrected chi connectivity index (χ3v) is 4.76. The Labute approximate surface area is 191 Å². The molecule has 0 atom stereocenters. The normalized spacial score (nSPS) is 10.8. The van der Waals surface area contributed by atoms with Crippen molar-refractivity contribution in [1.29, 1.82) is 5.26 Å². The zero-order valence-electron chi connectivity index (χ0n) is 17.6. The van der Waals surface area contributed by atoms with Gasteiger partial charge in [0.15, 0.2) is 18.1 Å². The van der Waals surface area contributed by atoms with E-state index >= 15 is 0 Å². The van der Waals surface area contributed by atoms with E-state index in [0.29, 0.717) is 39.1 Å². The Morgan fingerprint density at radius 2 is 1.69 bits per heavy atom. The topological polar surface area (TPSA) is 80.6 Å². The van der Waals surface area contributed by atoms with Crippen LogP contribution in [0.4, 0.5) is 5.69 Å². The van der Waals surface area contributed by atoms with Crippen molar-refractivity contribution >= 4 is 34.8 Å². The molecule has 1 amide bonds. The van der Waals surface area contributed by atoms with Gasteiger partial charge in [-0.2, -0.15) is 5.26 Å². The van der Waals surface area contributed by atoms with E-state index in [4.69, 9.17) is 25.8 Å². The fourth-order valence-corrected chi connectivity index (χ4v) is 3.02. The molecule has 7 heteroatoms. The minimum Gasteiger partial charge on any atom is -0.493 e. The second kappa shape index (κ2) is 10.9. The maximum atomic E-state index is 12.0. The lowest BCUT2D eigenvalue weighted by atomic mass is 10.0. The van der Waals surface area contributed by atoms with E-state index in [0.717, 1.165) is 5.56 Å². The number of carbonyl (C=O) groups is 1. The first kappa shape index (κ1) is 22.7. The van der Waals surface area contributed by atoms with Crippen LogP contribution < -0.4 is 19.5 Å². The molecule has 0 saturated carbocycles. The number of carbonyl (C=O) groups excluding carboxylic acids is 1. The number of nitriles is 1. The van der Waals surface area contributed by atoms with Crippen LogP contribution in [0.25, 0.3) is 11.6 Å². The Morgan fingerprint density at radius 3 is 2.31 bits per heavy atom. The highest BCUT2D eigenvalue weighted by molar-refractivity contribution is 6.30. The number of nitrogens with zero attached hydrogens (tertiary/aromatic N) is 1. The number of methoxy groups -OCH3 is 2. The van der Waals surface area contributed by atoms with Gasteiger partial charge in [-0.25, -0.2) is 0 Å². The maximum Gasteiger partial charge on any atom is 0.262 e. The lowest BCUT2D eigenvalue weighted by Crippen LogP contribution is -2.20. The SMILES string of the molecule is COc1ccc(/C(C#N)=C/c2ccc(OCC(=O)Nc3ccc(Cl)cc3)cc2)cc1OC. The molecule has 3 aromatic carbocycles. The van der Waals surface area contributed by atoms with Gasteiger partial charge in [0, 0.05) is 10.7 Å². The molecule has 0 aromatic heterocycles. The van der Waals surface area contributed by atoms with Crippen molar-refractivity contribution in [2.75, 3.05) is 26.1 Å². The van der Waals surface area contributed by atoms with Crippen LogP contribution in [-0.4, -0.2) is 26.7 Å². The van der Waals surface area contributed by atoms with Crippen molar-refractivity contribution in [3.8, 4) is 23.3 Å². The summed E-state index contributed by atoms with van der Waals surface area (Å²) in [7, 11) is 3.11. The second-order valence-electron chi connectivity index (χ2n) is 6.65. The number of halogens is 1. The third kappa shape index (κ3) is 6.03. The van der Waals surface area contributed by atoms with Gasteiger partial charge in [-0.05, 0) is 71.8 Å². The minimum atomic E-state index is -0.281. The molecule has 0 aliphatic rings. The first-order chi connectivity index (χ1) is 15.5. The maximum absolute atomic E-state index is 12.0. The molecule has 0 spiro atoms. The summed E-state index contributed by atoms with van der Waals surface area (Å²) in [5.41, 5.74) is 2.64. The average molecular weight is 449 g/mol. The van der Waals surface area contributed by atoms with Crippen molar-refractivity contribution in [3.63, 3.8) is 0 Å². The molecule has 3 aromatic rings. The van der Waals surface area contributed by atoms with Gasteiger partial charge in [-0.1, -0.05) is 23.7 Å². The predicted octanol–water partition coefficient (Wildman–Crippen LogP) is 5.44. The molecule has 6 nitrogen and oxygen atoms in total. The minimum absolute atomic E-state index is 0.132. The van der Waals surface area contributed by atoms with Crippen molar-refractivity contribution in [2.24, 2.45) is 0 Å². The molecule has 162 valence electrons. The molecular formula is C25H21ClN2O4. The van der Waals surface area contributed by atoms with Crippen LogP contribution in [0.2, 0.25) is 5.02 Å². The Hall–Kier alpha value is -3.95. The molecule has 0 heterocycles. The van der Waals surface area contributed by atoms with E-state index in [-0.39, 0.29) is 12.5 Å². The van der Waals surface area contributed by atoms with Gasteiger partial charge in [0.25, 0.3) is 5.91 Å². The van der Waals surface area contributed by atoms with Crippen LogP contribution in [0.3, 0.4) is 0 Å². The molecule has 32 heavy (non-hydrogen) atoms. The molecule has 0 bridgehead atoms. The van der Waals surface area contributed by atoms with Crippen LogP contribution in [0.15, 0.2) is 66.7 Å². The van der Waals surface area contributed by atoms with Gasteiger partial charge in [0.05, 0.1) is 25.9 Å². The van der Waals surface area contributed by atoms with Crippen molar-refractivity contribution < 1.29 is 19.0 Å². The molecule has 0 fully saturated rings. The van der Waals surface area contributed by atoms with E-state index in [9.17, 15) is 10.1 Å². The number of anilines is 1. The van der Waals surface area contributed by atoms with Crippen LogP contribution in [0.5, 0.6) is 17.2 Å². The molecular weight excluding hydrogens is 428 g/mol. The Bertz CT molecular complexity index is 1150. The van der Waals surface area contributed by atoms with Crippen molar-refractivity contribution in [2.45, 2.75) is 0 Å². The number of nitrogens with one attached hydrogen (secondary N) is 1. The number of rotatable bonds is 8. The molecule has 0 aliphatic carbocycles. The fourth-order valence-electron chi connectivity index (χ4n) is 2.89. The van der Waals surface area contributed by atoms with Crippen LogP contribution in [0.1, 0.15) is 11.1 Å². The van der Waals surface area contributed by atoms with Gasteiger partial charge >= 0.3 is 0 Å². The molecule has 3 rings (SSSR count). The standard InChI is InChI=1S/C25H21ClN2O4/c1-30-23-12-5-18(14-24(23)31-2)19(15-27)13-17-3-10-22(11-4-17)32-16-25(29)28-21-8-6-20(26)7-9-21/h3-14H,16H2,1-2H3,(H,28,29)/b19-13+. The van der Waals surface area contributed by atoms with Gasteiger partial charge in [-0.15, -0.1) is 0 Å². The summed E-state index contributed by atoms with van der Waals surface area (Å²) in [6.45, 7) is -0.132. The lowest BCUT2D eigenvalue weighted by molar-refractivity contribution is -0.118. The van der Waals surface area contributed by atoms with Gasteiger partial charge in [0.1, 0.15) is 5.75 Å². The highest BCUT2D eigenvalue weighted by Crippen LogP contribution is 2.31. The Morgan fingerprint density at radius 1 is 1.00 bits per heavy atom. The Balaban J connectivity index is 1.64. The number of allylic oxidation sites excluding steroid dienone is 1. The predicted molar refractivity (Wildman–Crippen MR) is 125 cm³/mol. The monoisotopic (exact) mass is 448 g/mol. The van der Waals surface area contributed by atoms with Crippen molar-refractivity contribution in [3.05, 3.63) is 82.9 Å². The van der Waals surface area contributed by atoms with Crippen LogP contribution >= 0.6 is 11.6 Å². The number of hydrogen-bond acceptors (Lipinski definition) is 5. The van der Waals surface area contributed by atoms with Gasteiger partial charge in [0.2, 0.25) is 0 Å². The average Bonchev–Trinajstić information content (AvgIpc) is 2.83. The largest absolute Gasteiger partial charge is 0.493 e. The molecule has 0 aliphatic heterocycles. The fraction of sp³-hybridized carbons (Fsp3) is 0.120. The number of ether oxygens (including phenoxy) is 3. The third-order valence-electron chi connectivity index (χ3n) is 4.50. The van der Waals surface area contributed by atoms with Crippen molar-refractivity contribution in [1.82, 2.24) is 0 Å². The highest BCUT2D eigenvalue weighted by Gasteiger charge is 2.09. The van der Waals surface area contributed by atoms with Crippen LogP contribution in [-0.2, 0) is 4.79 Å². The first-order valence-electron chi connectivity index (χ1n) is 9.65. The molecule has 1 N–H and O–H groups in total. The number of amides is 1. The zero-order valence-corrected chi connectivity index (χ0v) is 18.3. The summed E-state index contributed by atoms with van der Waals surface area (Å²) in [6.07, 6.45) is 1.76. The van der Waals surface area contributed by atoms with E-state index in [1.165, 1.54) is 0 Å².